The van der Waals surface area contributed by atoms with Gasteiger partial charge in [0.05, 0.1) is 13.7 Å². The SMILES string of the molecule is COc1ccc(-c2nc(Cn3ccccc3=O)no2)cc1. The molecular formula is C15H13N3O3. The minimum atomic E-state index is -0.103. The van der Waals surface area contributed by atoms with Crippen LogP contribution in [0.4, 0.5) is 0 Å². The van der Waals surface area contributed by atoms with E-state index < -0.39 is 0 Å². The molecule has 0 aliphatic rings. The molecule has 3 rings (SSSR count). The van der Waals surface area contributed by atoms with E-state index in [1.807, 2.05) is 24.3 Å². The number of benzene rings is 1. The van der Waals surface area contributed by atoms with Gasteiger partial charge in [0.25, 0.3) is 11.4 Å². The van der Waals surface area contributed by atoms with Gasteiger partial charge >= 0.3 is 0 Å². The molecular weight excluding hydrogens is 270 g/mol. The van der Waals surface area contributed by atoms with Crippen LogP contribution in [0.2, 0.25) is 0 Å². The summed E-state index contributed by atoms with van der Waals surface area (Å²) in [6.07, 6.45) is 1.69. The van der Waals surface area contributed by atoms with Crippen LogP contribution in [0, 0.1) is 0 Å². The maximum Gasteiger partial charge on any atom is 0.257 e. The predicted octanol–water partition coefficient (Wildman–Crippen LogP) is 1.96. The van der Waals surface area contributed by atoms with Crippen molar-refractivity contribution in [2.45, 2.75) is 6.54 Å². The summed E-state index contributed by atoms with van der Waals surface area (Å²) >= 11 is 0. The maximum absolute atomic E-state index is 11.6. The van der Waals surface area contributed by atoms with E-state index >= 15 is 0 Å². The third-order valence-electron chi connectivity index (χ3n) is 3.02. The number of nitrogens with zero attached hydrogens (tertiary/aromatic N) is 3. The van der Waals surface area contributed by atoms with Crippen LogP contribution in [0.25, 0.3) is 11.5 Å². The van der Waals surface area contributed by atoms with Gasteiger partial charge in [0, 0.05) is 17.8 Å². The second kappa shape index (κ2) is 5.62. The van der Waals surface area contributed by atoms with Crippen molar-refractivity contribution in [2.75, 3.05) is 7.11 Å². The van der Waals surface area contributed by atoms with Crippen LogP contribution >= 0.6 is 0 Å². The fourth-order valence-electron chi connectivity index (χ4n) is 1.91. The van der Waals surface area contributed by atoms with Crippen LogP contribution in [-0.4, -0.2) is 21.8 Å². The first-order chi connectivity index (χ1) is 10.3. The van der Waals surface area contributed by atoms with Crippen molar-refractivity contribution in [3.8, 4) is 17.2 Å². The molecule has 0 radical (unpaired) electrons. The highest BCUT2D eigenvalue weighted by Crippen LogP contribution is 2.20. The molecule has 3 aromatic rings. The minimum Gasteiger partial charge on any atom is -0.497 e. The van der Waals surface area contributed by atoms with E-state index in [9.17, 15) is 4.79 Å². The number of hydrogen-bond acceptors (Lipinski definition) is 5. The summed E-state index contributed by atoms with van der Waals surface area (Å²) < 4.78 is 11.8. The molecule has 0 saturated carbocycles. The highest BCUT2D eigenvalue weighted by molar-refractivity contribution is 5.54. The first-order valence-corrected chi connectivity index (χ1v) is 6.39. The van der Waals surface area contributed by atoms with Crippen LogP contribution in [-0.2, 0) is 6.54 Å². The Labute approximate surface area is 120 Å². The molecule has 6 heteroatoms. The van der Waals surface area contributed by atoms with Gasteiger partial charge in [-0.15, -0.1) is 0 Å². The average Bonchev–Trinajstić information content (AvgIpc) is 2.98. The molecule has 2 aromatic heterocycles. The normalized spacial score (nSPS) is 10.5. The topological polar surface area (TPSA) is 70.2 Å². The number of methoxy groups -OCH3 is 1. The Morgan fingerprint density at radius 1 is 1.19 bits per heavy atom. The number of aromatic nitrogens is 3. The molecule has 0 amide bonds. The molecule has 1 aromatic carbocycles. The van der Waals surface area contributed by atoms with Gasteiger partial charge in [-0.3, -0.25) is 4.79 Å². The van der Waals surface area contributed by atoms with Gasteiger partial charge in [0.1, 0.15) is 5.75 Å². The standard InChI is InChI=1S/C15H13N3O3/c1-20-12-7-5-11(6-8-12)15-16-13(17-21-15)10-18-9-3-2-4-14(18)19/h2-9H,10H2,1H3. The van der Waals surface area contributed by atoms with Gasteiger partial charge in [-0.2, -0.15) is 4.98 Å². The maximum atomic E-state index is 11.6. The van der Waals surface area contributed by atoms with E-state index in [-0.39, 0.29) is 12.1 Å². The molecule has 0 N–H and O–H groups in total. The fraction of sp³-hybridized carbons (Fsp3) is 0.133. The number of hydrogen-bond donors (Lipinski definition) is 0. The summed E-state index contributed by atoms with van der Waals surface area (Å²) in [4.78, 5) is 15.9. The zero-order valence-corrected chi connectivity index (χ0v) is 11.4. The van der Waals surface area contributed by atoms with Crippen molar-refractivity contribution in [1.82, 2.24) is 14.7 Å². The number of rotatable bonds is 4. The molecule has 0 aliphatic heterocycles. The molecule has 0 bridgehead atoms. The largest absolute Gasteiger partial charge is 0.497 e. The van der Waals surface area contributed by atoms with Crippen LogP contribution in [0.1, 0.15) is 5.82 Å². The quantitative estimate of drug-likeness (QED) is 0.732. The molecule has 0 spiro atoms. The van der Waals surface area contributed by atoms with Crippen LogP contribution in [0.3, 0.4) is 0 Å². The molecule has 6 nitrogen and oxygen atoms in total. The Hall–Kier alpha value is -2.89. The minimum absolute atomic E-state index is 0.103. The van der Waals surface area contributed by atoms with Crippen LogP contribution in [0.5, 0.6) is 5.75 Å². The zero-order valence-electron chi connectivity index (χ0n) is 11.4. The molecule has 0 unspecified atom stereocenters. The van der Waals surface area contributed by atoms with Gasteiger partial charge in [-0.25, -0.2) is 0 Å². The molecule has 106 valence electrons. The molecule has 0 atom stereocenters. The van der Waals surface area contributed by atoms with E-state index in [4.69, 9.17) is 9.26 Å². The lowest BCUT2D eigenvalue weighted by atomic mass is 10.2. The molecule has 0 aliphatic carbocycles. The monoisotopic (exact) mass is 283 g/mol. The first kappa shape index (κ1) is 13.1. The Bertz CT molecular complexity index is 790. The molecule has 0 fully saturated rings. The van der Waals surface area contributed by atoms with Crippen LogP contribution < -0.4 is 10.3 Å². The highest BCUT2D eigenvalue weighted by Gasteiger charge is 2.09. The van der Waals surface area contributed by atoms with Gasteiger partial charge in [-0.1, -0.05) is 11.2 Å². The summed E-state index contributed by atoms with van der Waals surface area (Å²) in [6, 6.07) is 12.3. The fourth-order valence-corrected chi connectivity index (χ4v) is 1.91. The number of ether oxygens (including phenoxy) is 1. The summed E-state index contributed by atoms with van der Waals surface area (Å²) in [6.45, 7) is 0.277. The summed E-state index contributed by atoms with van der Waals surface area (Å²) in [7, 11) is 1.61. The van der Waals surface area contributed by atoms with E-state index in [1.165, 1.54) is 10.6 Å². The van der Waals surface area contributed by atoms with Gasteiger partial charge in [-0.05, 0) is 30.3 Å². The lowest BCUT2D eigenvalue weighted by molar-refractivity contribution is 0.413. The average molecular weight is 283 g/mol. The van der Waals surface area contributed by atoms with Crippen molar-refractivity contribution in [2.24, 2.45) is 0 Å². The molecule has 2 heterocycles. The lowest BCUT2D eigenvalue weighted by Gasteiger charge is -1.99. The Morgan fingerprint density at radius 2 is 2.00 bits per heavy atom. The second-order valence-electron chi connectivity index (χ2n) is 4.41. The van der Waals surface area contributed by atoms with Crippen molar-refractivity contribution in [3.05, 3.63) is 64.8 Å². The van der Waals surface area contributed by atoms with Crippen molar-refractivity contribution in [3.63, 3.8) is 0 Å². The lowest BCUT2D eigenvalue weighted by Crippen LogP contribution is -2.18. The zero-order chi connectivity index (χ0) is 14.7. The summed E-state index contributed by atoms with van der Waals surface area (Å²) in [5.74, 6) is 1.63. The van der Waals surface area contributed by atoms with Crippen molar-refractivity contribution < 1.29 is 9.26 Å². The third kappa shape index (κ3) is 2.84. The third-order valence-corrected chi connectivity index (χ3v) is 3.02. The smallest absolute Gasteiger partial charge is 0.257 e. The van der Waals surface area contributed by atoms with Crippen molar-refractivity contribution in [1.29, 1.82) is 0 Å². The first-order valence-electron chi connectivity index (χ1n) is 6.39. The van der Waals surface area contributed by atoms with E-state index in [2.05, 4.69) is 10.1 Å². The van der Waals surface area contributed by atoms with Gasteiger partial charge < -0.3 is 13.8 Å². The second-order valence-corrected chi connectivity index (χ2v) is 4.41. The Kier molecular flexibility index (Phi) is 3.51. The van der Waals surface area contributed by atoms with E-state index in [0.29, 0.717) is 11.7 Å². The van der Waals surface area contributed by atoms with E-state index in [0.717, 1.165) is 11.3 Å². The summed E-state index contributed by atoms with van der Waals surface area (Å²) in [5, 5.41) is 3.89. The number of pyridine rings is 1. The van der Waals surface area contributed by atoms with Gasteiger partial charge in [0.15, 0.2) is 5.82 Å². The molecule has 21 heavy (non-hydrogen) atoms. The van der Waals surface area contributed by atoms with E-state index in [1.54, 1.807) is 25.4 Å². The molecule has 0 saturated heterocycles. The summed E-state index contributed by atoms with van der Waals surface area (Å²) in [5.41, 5.74) is 0.697. The van der Waals surface area contributed by atoms with Gasteiger partial charge in [0.2, 0.25) is 0 Å². The van der Waals surface area contributed by atoms with Crippen LogP contribution in [0.15, 0.2) is 58.0 Å². The van der Waals surface area contributed by atoms with Crippen molar-refractivity contribution >= 4 is 0 Å². The Morgan fingerprint density at radius 3 is 2.71 bits per heavy atom. The highest BCUT2D eigenvalue weighted by atomic mass is 16.5. The Balaban J connectivity index is 1.83. The predicted molar refractivity (Wildman–Crippen MR) is 76.1 cm³/mol.